The van der Waals surface area contributed by atoms with E-state index in [0.29, 0.717) is 11.4 Å². The van der Waals surface area contributed by atoms with Crippen molar-refractivity contribution in [1.29, 1.82) is 0 Å². The zero-order valence-corrected chi connectivity index (χ0v) is 12.1. The molecule has 0 fully saturated rings. The number of aryl methyl sites for hydroxylation is 1. The fourth-order valence-corrected chi connectivity index (χ4v) is 2.10. The normalized spacial score (nSPS) is 12.0. The van der Waals surface area contributed by atoms with Crippen molar-refractivity contribution in [3.8, 4) is 5.75 Å². The molecule has 0 bridgehead atoms. The van der Waals surface area contributed by atoms with E-state index in [4.69, 9.17) is 4.74 Å². The van der Waals surface area contributed by atoms with Crippen molar-refractivity contribution in [3.63, 3.8) is 0 Å². The van der Waals surface area contributed by atoms with Crippen LogP contribution in [0.15, 0.2) is 42.5 Å². The SMILES string of the molecule is CCc1ccc(C(C)Nc2cc(OC)ccc2F)cc1. The van der Waals surface area contributed by atoms with Crippen molar-refractivity contribution >= 4 is 5.69 Å². The van der Waals surface area contributed by atoms with E-state index in [1.54, 1.807) is 19.2 Å². The molecule has 0 heterocycles. The molecule has 0 radical (unpaired) electrons. The van der Waals surface area contributed by atoms with Gasteiger partial charge in [0.05, 0.1) is 12.8 Å². The first-order valence-electron chi connectivity index (χ1n) is 6.83. The maximum absolute atomic E-state index is 13.8. The third-order valence-corrected chi connectivity index (χ3v) is 3.43. The van der Waals surface area contributed by atoms with Crippen molar-refractivity contribution in [1.82, 2.24) is 0 Å². The number of hydrogen-bond donors (Lipinski definition) is 1. The van der Waals surface area contributed by atoms with Crippen molar-refractivity contribution in [2.24, 2.45) is 0 Å². The average Bonchev–Trinajstić information content (AvgIpc) is 2.49. The number of methoxy groups -OCH3 is 1. The lowest BCUT2D eigenvalue weighted by atomic mass is 10.0. The Hall–Kier alpha value is -2.03. The minimum absolute atomic E-state index is 0.0301. The lowest BCUT2D eigenvalue weighted by molar-refractivity contribution is 0.414. The summed E-state index contributed by atoms with van der Waals surface area (Å²) in [7, 11) is 1.57. The summed E-state index contributed by atoms with van der Waals surface area (Å²) in [6.45, 7) is 4.14. The quantitative estimate of drug-likeness (QED) is 0.861. The molecule has 0 saturated heterocycles. The molecular formula is C17H20FNO. The molecule has 2 rings (SSSR count). The Labute approximate surface area is 119 Å². The van der Waals surface area contributed by atoms with Gasteiger partial charge < -0.3 is 10.1 Å². The second kappa shape index (κ2) is 6.42. The third kappa shape index (κ3) is 3.29. The van der Waals surface area contributed by atoms with Crippen LogP contribution < -0.4 is 10.1 Å². The van der Waals surface area contributed by atoms with Gasteiger partial charge in [-0.25, -0.2) is 4.39 Å². The maximum atomic E-state index is 13.8. The van der Waals surface area contributed by atoms with Gasteiger partial charge in [-0.2, -0.15) is 0 Å². The largest absolute Gasteiger partial charge is 0.497 e. The molecule has 2 aromatic rings. The Kier molecular flexibility index (Phi) is 4.61. The molecule has 0 aliphatic heterocycles. The topological polar surface area (TPSA) is 21.3 Å². The van der Waals surface area contributed by atoms with Gasteiger partial charge in [-0.1, -0.05) is 31.2 Å². The first kappa shape index (κ1) is 14.4. The molecule has 3 heteroatoms. The Morgan fingerprint density at radius 1 is 1.15 bits per heavy atom. The van der Waals surface area contributed by atoms with Crippen molar-refractivity contribution < 1.29 is 9.13 Å². The van der Waals surface area contributed by atoms with Gasteiger partial charge in [0.15, 0.2) is 0 Å². The van der Waals surface area contributed by atoms with Crippen LogP contribution in [0.4, 0.5) is 10.1 Å². The molecule has 0 amide bonds. The molecule has 0 saturated carbocycles. The predicted octanol–water partition coefficient (Wildman–Crippen LogP) is 4.57. The molecule has 0 aliphatic rings. The minimum Gasteiger partial charge on any atom is -0.497 e. The van der Waals surface area contributed by atoms with Crippen molar-refractivity contribution in [2.75, 3.05) is 12.4 Å². The van der Waals surface area contributed by atoms with Gasteiger partial charge in [-0.15, -0.1) is 0 Å². The molecule has 106 valence electrons. The lowest BCUT2D eigenvalue weighted by Gasteiger charge is -2.17. The van der Waals surface area contributed by atoms with Gasteiger partial charge in [0, 0.05) is 12.1 Å². The van der Waals surface area contributed by atoms with E-state index in [-0.39, 0.29) is 11.9 Å². The average molecular weight is 273 g/mol. The van der Waals surface area contributed by atoms with Crippen LogP contribution in [0.25, 0.3) is 0 Å². The van der Waals surface area contributed by atoms with E-state index in [2.05, 4.69) is 36.5 Å². The van der Waals surface area contributed by atoms with Gasteiger partial charge in [-0.05, 0) is 36.6 Å². The molecule has 1 atom stereocenters. The zero-order valence-electron chi connectivity index (χ0n) is 12.1. The van der Waals surface area contributed by atoms with E-state index in [1.807, 2.05) is 6.92 Å². The van der Waals surface area contributed by atoms with Crippen LogP contribution in [0.1, 0.15) is 31.0 Å². The molecule has 20 heavy (non-hydrogen) atoms. The molecule has 0 spiro atoms. The van der Waals surface area contributed by atoms with Crippen LogP contribution in [-0.2, 0) is 6.42 Å². The third-order valence-electron chi connectivity index (χ3n) is 3.43. The van der Waals surface area contributed by atoms with Gasteiger partial charge in [-0.3, -0.25) is 0 Å². The van der Waals surface area contributed by atoms with Crippen LogP contribution in [0.2, 0.25) is 0 Å². The number of benzene rings is 2. The number of halogens is 1. The van der Waals surface area contributed by atoms with Crippen molar-refractivity contribution in [2.45, 2.75) is 26.3 Å². The molecule has 1 N–H and O–H groups in total. The maximum Gasteiger partial charge on any atom is 0.146 e. The van der Waals surface area contributed by atoms with Crippen LogP contribution in [-0.4, -0.2) is 7.11 Å². The van der Waals surface area contributed by atoms with E-state index in [1.165, 1.54) is 11.6 Å². The summed E-state index contributed by atoms with van der Waals surface area (Å²) in [4.78, 5) is 0. The van der Waals surface area contributed by atoms with Gasteiger partial charge in [0.25, 0.3) is 0 Å². The highest BCUT2D eigenvalue weighted by Crippen LogP contribution is 2.25. The molecule has 0 aliphatic carbocycles. The van der Waals surface area contributed by atoms with Crippen LogP contribution >= 0.6 is 0 Å². The number of rotatable bonds is 5. The highest BCUT2D eigenvalue weighted by molar-refractivity contribution is 5.51. The van der Waals surface area contributed by atoms with Crippen LogP contribution in [0.5, 0.6) is 5.75 Å². The summed E-state index contributed by atoms with van der Waals surface area (Å²) in [5, 5.41) is 3.18. The fourth-order valence-electron chi connectivity index (χ4n) is 2.10. The van der Waals surface area contributed by atoms with Crippen LogP contribution in [0, 0.1) is 5.82 Å². The van der Waals surface area contributed by atoms with Crippen LogP contribution in [0.3, 0.4) is 0 Å². The molecule has 2 aromatic carbocycles. The number of hydrogen-bond acceptors (Lipinski definition) is 2. The Morgan fingerprint density at radius 2 is 1.85 bits per heavy atom. The van der Waals surface area contributed by atoms with E-state index >= 15 is 0 Å². The summed E-state index contributed by atoms with van der Waals surface area (Å²) < 4.78 is 18.9. The standard InChI is InChI=1S/C17H20FNO/c1-4-13-5-7-14(8-6-13)12(2)19-17-11-15(20-3)9-10-16(17)18/h5-12,19H,4H2,1-3H3. The fraction of sp³-hybridized carbons (Fsp3) is 0.294. The van der Waals surface area contributed by atoms with Gasteiger partial charge in [0.1, 0.15) is 11.6 Å². The summed E-state index contributed by atoms with van der Waals surface area (Å²) in [6, 6.07) is 13.1. The Morgan fingerprint density at radius 3 is 2.45 bits per heavy atom. The predicted molar refractivity (Wildman–Crippen MR) is 80.8 cm³/mol. The van der Waals surface area contributed by atoms with E-state index in [9.17, 15) is 4.39 Å². The van der Waals surface area contributed by atoms with E-state index < -0.39 is 0 Å². The first-order chi connectivity index (χ1) is 9.63. The molecular weight excluding hydrogens is 253 g/mol. The highest BCUT2D eigenvalue weighted by Gasteiger charge is 2.09. The minimum atomic E-state index is -0.275. The summed E-state index contributed by atoms with van der Waals surface area (Å²) in [5.41, 5.74) is 2.88. The molecule has 0 aromatic heterocycles. The monoisotopic (exact) mass is 273 g/mol. The number of nitrogens with one attached hydrogen (secondary N) is 1. The van der Waals surface area contributed by atoms with E-state index in [0.717, 1.165) is 12.0 Å². The molecule has 1 unspecified atom stereocenters. The number of anilines is 1. The van der Waals surface area contributed by atoms with Crippen molar-refractivity contribution in [3.05, 3.63) is 59.4 Å². The summed E-state index contributed by atoms with van der Waals surface area (Å²) in [5.74, 6) is 0.366. The second-order valence-corrected chi connectivity index (χ2v) is 4.81. The first-order valence-corrected chi connectivity index (χ1v) is 6.83. The highest BCUT2D eigenvalue weighted by atomic mass is 19.1. The molecule has 2 nitrogen and oxygen atoms in total. The number of ether oxygens (including phenoxy) is 1. The Bertz CT molecular complexity index is 566. The zero-order chi connectivity index (χ0) is 14.5. The Balaban J connectivity index is 2.15. The lowest BCUT2D eigenvalue weighted by Crippen LogP contribution is -2.08. The second-order valence-electron chi connectivity index (χ2n) is 4.81. The smallest absolute Gasteiger partial charge is 0.146 e. The van der Waals surface area contributed by atoms with Gasteiger partial charge >= 0.3 is 0 Å². The summed E-state index contributed by atoms with van der Waals surface area (Å²) >= 11 is 0. The van der Waals surface area contributed by atoms with Gasteiger partial charge in [0.2, 0.25) is 0 Å². The summed E-state index contributed by atoms with van der Waals surface area (Å²) in [6.07, 6.45) is 1.02.